The Morgan fingerprint density at radius 3 is 2.04 bits per heavy atom. The zero-order valence-corrected chi connectivity index (χ0v) is 14.5. The molecule has 28 heavy (non-hydrogen) atoms. The van der Waals surface area contributed by atoms with E-state index < -0.39 is 34.0 Å². The molecule has 134 valence electrons. The molecule has 1 unspecified atom stereocenters. The van der Waals surface area contributed by atoms with Crippen molar-refractivity contribution in [2.24, 2.45) is 10.8 Å². The van der Waals surface area contributed by atoms with Gasteiger partial charge in [0.1, 0.15) is 5.41 Å². The molecular formula is C21H12N4O3. The number of hydrogen-bond acceptors (Lipinski definition) is 5. The predicted octanol–water partition coefficient (Wildman–Crippen LogP) is 1.16. The van der Waals surface area contributed by atoms with E-state index in [-0.39, 0.29) is 6.54 Å². The molecular weight excluding hydrogens is 356 g/mol. The summed E-state index contributed by atoms with van der Waals surface area (Å²) in [6, 6.07) is 19.7. The standard InChI is InChI=1S/C21H12N4O3/c22-11-19-16(26)24-17(27)20(19,12-23)21(19)14-8-4-5-9-15(14)25(18(21)28)10-13-6-2-1-3-7-13/h1-9H,10H2,(H,24,26,27)/t19-,20+,21?. The molecule has 7 heteroatoms. The lowest BCUT2D eigenvalue weighted by molar-refractivity contribution is -0.134. The van der Waals surface area contributed by atoms with E-state index in [2.05, 4.69) is 5.32 Å². The molecule has 0 radical (unpaired) electrons. The van der Waals surface area contributed by atoms with E-state index in [1.807, 2.05) is 42.5 Å². The molecule has 1 aliphatic carbocycles. The average Bonchev–Trinajstić information content (AvgIpc) is 3.11. The molecule has 2 fully saturated rings. The van der Waals surface area contributed by atoms with Crippen molar-refractivity contribution in [2.75, 3.05) is 4.90 Å². The van der Waals surface area contributed by atoms with Crippen molar-refractivity contribution < 1.29 is 14.4 Å². The zero-order chi connectivity index (χ0) is 19.7. The molecule has 1 N–H and O–H groups in total. The average molecular weight is 368 g/mol. The van der Waals surface area contributed by atoms with Gasteiger partial charge in [-0.2, -0.15) is 10.5 Å². The fourth-order valence-corrected chi connectivity index (χ4v) is 5.07. The number of nitrogens with zero attached hydrogens (tertiary/aromatic N) is 3. The van der Waals surface area contributed by atoms with Crippen LogP contribution in [0.15, 0.2) is 54.6 Å². The van der Waals surface area contributed by atoms with Crippen LogP contribution in [0.4, 0.5) is 5.69 Å². The minimum absolute atomic E-state index is 0.206. The van der Waals surface area contributed by atoms with E-state index >= 15 is 0 Å². The van der Waals surface area contributed by atoms with Gasteiger partial charge in [0, 0.05) is 5.69 Å². The monoisotopic (exact) mass is 368 g/mol. The van der Waals surface area contributed by atoms with Crippen molar-refractivity contribution in [3.05, 3.63) is 65.7 Å². The molecule has 3 atom stereocenters. The summed E-state index contributed by atoms with van der Waals surface area (Å²) in [7, 11) is 0. The number of nitrogens with one attached hydrogen (secondary N) is 1. The number of carbonyl (C=O) groups excluding carboxylic acids is 3. The molecule has 2 heterocycles. The van der Waals surface area contributed by atoms with Gasteiger partial charge in [0.25, 0.3) is 11.8 Å². The third kappa shape index (κ3) is 1.32. The van der Waals surface area contributed by atoms with Crippen molar-refractivity contribution in [3.63, 3.8) is 0 Å². The van der Waals surface area contributed by atoms with Gasteiger partial charge in [0.05, 0.1) is 18.7 Å². The third-order valence-electron chi connectivity index (χ3n) is 6.22. The largest absolute Gasteiger partial charge is 0.307 e. The first-order chi connectivity index (χ1) is 13.5. The van der Waals surface area contributed by atoms with E-state index in [1.54, 1.807) is 24.3 Å². The number of nitriles is 2. The van der Waals surface area contributed by atoms with Crippen molar-refractivity contribution in [1.82, 2.24) is 5.32 Å². The molecule has 2 aromatic rings. The van der Waals surface area contributed by atoms with Crippen LogP contribution in [0.5, 0.6) is 0 Å². The topological polar surface area (TPSA) is 114 Å². The summed E-state index contributed by atoms with van der Waals surface area (Å²) >= 11 is 0. The quantitative estimate of drug-likeness (QED) is 0.799. The first-order valence-electron chi connectivity index (χ1n) is 8.66. The molecule has 2 aliphatic heterocycles. The SMILES string of the molecule is N#C[C@@]12C(=O)NC(=O)[C@]1(C#N)C21C(=O)N(Cc2ccccc2)c2ccccc21. The first-order valence-corrected chi connectivity index (χ1v) is 8.66. The fraction of sp³-hybridized carbons (Fsp3) is 0.190. The van der Waals surface area contributed by atoms with Gasteiger partial charge in [0.15, 0.2) is 10.8 Å². The Hall–Kier alpha value is -3.97. The number of benzene rings is 2. The number of para-hydroxylation sites is 1. The number of hydrogen-bond donors (Lipinski definition) is 1. The van der Waals surface area contributed by atoms with Crippen molar-refractivity contribution in [2.45, 2.75) is 12.0 Å². The minimum Gasteiger partial charge on any atom is -0.307 e. The van der Waals surface area contributed by atoms with Crippen LogP contribution in [0.3, 0.4) is 0 Å². The molecule has 0 aromatic heterocycles. The lowest BCUT2D eigenvalue weighted by Crippen LogP contribution is -2.45. The Labute approximate surface area is 159 Å². The second-order valence-electron chi connectivity index (χ2n) is 7.15. The summed E-state index contributed by atoms with van der Waals surface area (Å²) in [5.41, 5.74) is -4.18. The Bertz CT molecular complexity index is 1140. The highest BCUT2D eigenvalue weighted by molar-refractivity contribution is 6.31. The van der Waals surface area contributed by atoms with Gasteiger partial charge in [-0.1, -0.05) is 48.5 Å². The fourth-order valence-electron chi connectivity index (χ4n) is 5.07. The number of imide groups is 1. The van der Waals surface area contributed by atoms with Gasteiger partial charge in [-0.3, -0.25) is 19.7 Å². The van der Waals surface area contributed by atoms with E-state index in [1.165, 1.54) is 4.90 Å². The van der Waals surface area contributed by atoms with Crippen LogP contribution in [0.25, 0.3) is 0 Å². The Balaban J connectivity index is 1.76. The van der Waals surface area contributed by atoms with Crippen molar-refractivity contribution in [3.8, 4) is 12.1 Å². The van der Waals surface area contributed by atoms with Crippen molar-refractivity contribution in [1.29, 1.82) is 10.5 Å². The maximum atomic E-state index is 13.7. The van der Waals surface area contributed by atoms with Crippen LogP contribution < -0.4 is 10.2 Å². The van der Waals surface area contributed by atoms with Gasteiger partial charge in [-0.15, -0.1) is 0 Å². The van der Waals surface area contributed by atoms with Crippen LogP contribution in [-0.4, -0.2) is 17.7 Å². The van der Waals surface area contributed by atoms with Crippen LogP contribution in [0.1, 0.15) is 11.1 Å². The summed E-state index contributed by atoms with van der Waals surface area (Å²) in [6.07, 6.45) is 0. The normalized spacial score (nSPS) is 31.8. The van der Waals surface area contributed by atoms with E-state index in [0.29, 0.717) is 11.3 Å². The summed E-state index contributed by atoms with van der Waals surface area (Å²) in [4.78, 5) is 40.4. The summed E-state index contributed by atoms with van der Waals surface area (Å²) in [5, 5.41) is 21.9. The van der Waals surface area contributed by atoms with Gasteiger partial charge < -0.3 is 4.90 Å². The lowest BCUT2D eigenvalue weighted by atomic mass is 9.84. The maximum Gasteiger partial charge on any atom is 0.250 e. The molecule has 5 rings (SSSR count). The number of fused-ring (bicyclic) bond motifs is 5. The number of rotatable bonds is 2. The molecule has 3 amide bonds. The Kier molecular flexibility index (Phi) is 2.81. The number of amides is 3. The van der Waals surface area contributed by atoms with Gasteiger partial charge in [0.2, 0.25) is 5.91 Å². The Morgan fingerprint density at radius 2 is 1.43 bits per heavy atom. The van der Waals surface area contributed by atoms with Crippen molar-refractivity contribution >= 4 is 23.4 Å². The molecule has 1 saturated heterocycles. The Morgan fingerprint density at radius 1 is 0.857 bits per heavy atom. The molecule has 0 bridgehead atoms. The minimum atomic E-state index is -2.05. The van der Waals surface area contributed by atoms with Crippen LogP contribution >= 0.6 is 0 Å². The third-order valence-corrected chi connectivity index (χ3v) is 6.22. The van der Waals surface area contributed by atoms with Gasteiger partial charge in [-0.25, -0.2) is 0 Å². The first kappa shape index (κ1) is 16.2. The van der Waals surface area contributed by atoms with E-state index in [0.717, 1.165) is 5.56 Å². The highest BCUT2D eigenvalue weighted by atomic mass is 16.2. The summed E-state index contributed by atoms with van der Waals surface area (Å²) < 4.78 is 0. The lowest BCUT2D eigenvalue weighted by Gasteiger charge is -2.20. The second-order valence-corrected chi connectivity index (χ2v) is 7.15. The van der Waals surface area contributed by atoms with Gasteiger partial charge in [-0.05, 0) is 17.2 Å². The van der Waals surface area contributed by atoms with Crippen LogP contribution in [0.2, 0.25) is 0 Å². The maximum absolute atomic E-state index is 13.7. The second kappa shape index (κ2) is 4.85. The zero-order valence-electron chi connectivity index (χ0n) is 14.5. The highest BCUT2D eigenvalue weighted by Gasteiger charge is 3.04. The predicted molar refractivity (Wildman–Crippen MR) is 95.0 cm³/mol. The smallest absolute Gasteiger partial charge is 0.250 e. The summed E-state index contributed by atoms with van der Waals surface area (Å²) in [5.74, 6) is -2.33. The molecule has 7 nitrogen and oxygen atoms in total. The van der Waals surface area contributed by atoms with E-state index in [4.69, 9.17) is 0 Å². The van der Waals surface area contributed by atoms with E-state index in [9.17, 15) is 24.9 Å². The number of anilines is 1. The number of piperidine rings is 1. The molecule has 2 aromatic carbocycles. The summed E-state index contributed by atoms with van der Waals surface area (Å²) in [6.45, 7) is 0.206. The molecule has 1 spiro atoms. The highest BCUT2D eigenvalue weighted by Crippen LogP contribution is 2.83. The van der Waals surface area contributed by atoms with Crippen LogP contribution in [0, 0.1) is 33.5 Å². The van der Waals surface area contributed by atoms with Crippen LogP contribution in [-0.2, 0) is 26.3 Å². The molecule has 3 aliphatic rings. The van der Waals surface area contributed by atoms with Gasteiger partial charge >= 0.3 is 0 Å². The molecule has 1 saturated carbocycles. The number of carbonyl (C=O) groups is 3.